The summed E-state index contributed by atoms with van der Waals surface area (Å²) >= 11 is 1.16. The number of ether oxygens (including phenoxy) is 1. The van der Waals surface area contributed by atoms with Gasteiger partial charge in [-0.05, 0) is 19.1 Å². The predicted molar refractivity (Wildman–Crippen MR) is 136 cm³/mol. The van der Waals surface area contributed by atoms with E-state index in [1.54, 1.807) is 5.38 Å². The van der Waals surface area contributed by atoms with E-state index in [-0.39, 0.29) is 17.2 Å². The van der Waals surface area contributed by atoms with E-state index < -0.39 is 69.3 Å². The van der Waals surface area contributed by atoms with E-state index in [9.17, 15) is 55.9 Å². The molecule has 2 aromatic carbocycles. The van der Waals surface area contributed by atoms with Crippen molar-refractivity contribution >= 4 is 28.1 Å². The van der Waals surface area contributed by atoms with Gasteiger partial charge in [0.2, 0.25) is 17.4 Å². The van der Waals surface area contributed by atoms with Crippen LogP contribution in [0.4, 0.5) is 10.8 Å². The fourth-order valence-corrected chi connectivity index (χ4v) is 4.37. The van der Waals surface area contributed by atoms with Crippen LogP contribution in [-0.4, -0.2) is 80.9 Å². The summed E-state index contributed by atoms with van der Waals surface area (Å²) in [5.41, 5.74) is 4.41. The van der Waals surface area contributed by atoms with Crippen LogP contribution >= 0.6 is 11.3 Å². The fourth-order valence-electron chi connectivity index (χ4n) is 3.81. The number of hydrogen-bond donors (Lipinski definition) is 13. The van der Waals surface area contributed by atoms with Crippen molar-refractivity contribution in [2.45, 2.75) is 37.1 Å². The Balaban J connectivity index is 1.83. The summed E-state index contributed by atoms with van der Waals surface area (Å²) < 4.78 is 4.91. The minimum Gasteiger partial charge on any atom is -0.504 e. The molecule has 1 aromatic heterocycles. The Hall–Kier alpha value is -3.78. The average Bonchev–Trinajstić information content (AvgIpc) is 3.27. The average molecular weight is 585 g/mol. The number of phenolic OH excluding ortho intramolecular Hbond substituents is 4. The van der Waals surface area contributed by atoms with E-state index in [4.69, 9.17) is 10.5 Å². The first-order valence-electron chi connectivity index (χ1n) is 11.2. The molecular formula is C23H28N4O12S. The normalized spacial score (nSPS) is 13.3. The van der Waals surface area contributed by atoms with Crippen molar-refractivity contribution in [3.63, 3.8) is 0 Å². The molecule has 0 saturated carbocycles. The first kappa shape index (κ1) is 30.8. The molecule has 1 heterocycles. The maximum atomic E-state index is 12.2. The number of thiazole rings is 1. The number of nitrogens with one attached hydrogen (secondary N) is 2. The second-order valence-electron chi connectivity index (χ2n) is 8.72. The third-order valence-corrected chi connectivity index (χ3v) is 6.60. The molecule has 1 atom stereocenters. The maximum absolute atomic E-state index is 12.2. The topological polar surface area (TPSA) is 292 Å². The molecule has 0 aliphatic rings. The quantitative estimate of drug-likeness (QED) is 0.0727. The molecule has 40 heavy (non-hydrogen) atoms. The second kappa shape index (κ2) is 11.0. The number of anilines is 2. The van der Waals surface area contributed by atoms with E-state index >= 15 is 0 Å². The number of benzene rings is 2. The molecule has 1 amide bonds. The SMILES string of the molecule is COC(c1c(C)c(O)c(O)c(O)c1O)C(O)(O)NC(O)(O)C(O)(O)c1ccc(NC(=O)Cc2csc(N)n2)cc1. The number of aromatic nitrogens is 1. The molecule has 14 N–H and O–H groups in total. The van der Waals surface area contributed by atoms with E-state index in [0.717, 1.165) is 37.5 Å². The lowest BCUT2D eigenvalue weighted by molar-refractivity contribution is -0.416. The van der Waals surface area contributed by atoms with Gasteiger partial charge < -0.3 is 66.9 Å². The number of aliphatic hydroxyl groups is 6. The molecule has 218 valence electrons. The minimum absolute atomic E-state index is 0.0962. The van der Waals surface area contributed by atoms with Crippen LogP contribution in [0.25, 0.3) is 0 Å². The molecule has 0 aliphatic carbocycles. The Labute approximate surface area is 229 Å². The zero-order valence-corrected chi connectivity index (χ0v) is 21.7. The standard InChI is InChI=1S/C23H28N4O12S/c1-9-14(16(30)18(32)17(31)15(9)29)19(39-2)22(35,36)27-23(37,38)21(33,34)10-3-5-11(6-4-10)25-13(28)7-12-8-40-20(24)26-12/h3-6,8,19,27,29-38H,7H2,1-2H3,(H2,24,26)(H,25,28). The molecule has 0 saturated heterocycles. The van der Waals surface area contributed by atoms with Crippen LogP contribution in [0.5, 0.6) is 23.0 Å². The van der Waals surface area contributed by atoms with E-state index in [0.29, 0.717) is 5.69 Å². The monoisotopic (exact) mass is 584 g/mol. The Bertz CT molecular complexity index is 1360. The van der Waals surface area contributed by atoms with Crippen LogP contribution < -0.4 is 16.4 Å². The van der Waals surface area contributed by atoms with Gasteiger partial charge in [0.1, 0.15) is 0 Å². The zero-order valence-electron chi connectivity index (χ0n) is 20.9. The summed E-state index contributed by atoms with van der Waals surface area (Å²) in [5.74, 6) is -16.2. The van der Waals surface area contributed by atoms with Crippen LogP contribution in [0, 0.1) is 6.92 Å². The summed E-state index contributed by atoms with van der Waals surface area (Å²) in [6.07, 6.45) is -2.34. The van der Waals surface area contributed by atoms with Gasteiger partial charge in [-0.1, -0.05) is 12.1 Å². The minimum atomic E-state index is -3.95. The van der Waals surface area contributed by atoms with Crippen molar-refractivity contribution in [3.05, 3.63) is 52.0 Å². The van der Waals surface area contributed by atoms with E-state index in [2.05, 4.69) is 10.3 Å². The Morgan fingerprint density at radius 1 is 1.00 bits per heavy atom. The van der Waals surface area contributed by atoms with Gasteiger partial charge in [-0.25, -0.2) is 10.3 Å². The molecule has 0 fully saturated rings. The molecule has 0 bridgehead atoms. The molecule has 16 nitrogen and oxygen atoms in total. The first-order valence-corrected chi connectivity index (χ1v) is 12.0. The second-order valence-corrected chi connectivity index (χ2v) is 9.61. The van der Waals surface area contributed by atoms with Gasteiger partial charge in [0.15, 0.2) is 22.7 Å². The zero-order chi connectivity index (χ0) is 30.2. The molecule has 0 spiro atoms. The highest BCUT2D eigenvalue weighted by atomic mass is 32.1. The van der Waals surface area contributed by atoms with Crippen LogP contribution in [0.3, 0.4) is 0 Å². The number of phenols is 4. The van der Waals surface area contributed by atoms with Gasteiger partial charge in [-0.15, -0.1) is 11.3 Å². The van der Waals surface area contributed by atoms with Crippen LogP contribution in [0.1, 0.15) is 28.5 Å². The number of rotatable bonds is 10. The van der Waals surface area contributed by atoms with Crippen LogP contribution in [0.2, 0.25) is 0 Å². The Kier molecular flexibility index (Phi) is 8.46. The number of nitrogens with two attached hydrogens (primary N) is 1. The summed E-state index contributed by atoms with van der Waals surface area (Å²) in [4.78, 5) is 16.2. The van der Waals surface area contributed by atoms with Crippen molar-refractivity contribution in [1.82, 2.24) is 10.3 Å². The van der Waals surface area contributed by atoms with Crippen molar-refractivity contribution in [2.75, 3.05) is 18.2 Å². The van der Waals surface area contributed by atoms with Crippen LogP contribution in [0.15, 0.2) is 29.6 Å². The summed E-state index contributed by atoms with van der Waals surface area (Å²) in [7, 11) is 0.866. The number of nitrogens with zero attached hydrogens (tertiary/aromatic N) is 1. The smallest absolute Gasteiger partial charge is 0.288 e. The number of amides is 1. The van der Waals surface area contributed by atoms with Gasteiger partial charge in [0.05, 0.1) is 12.1 Å². The molecule has 17 heteroatoms. The van der Waals surface area contributed by atoms with Gasteiger partial charge in [-0.3, -0.25) is 4.79 Å². The lowest BCUT2D eigenvalue weighted by Gasteiger charge is -2.41. The van der Waals surface area contributed by atoms with Gasteiger partial charge in [-0.2, -0.15) is 0 Å². The van der Waals surface area contributed by atoms with Crippen molar-refractivity contribution < 1.29 is 60.6 Å². The van der Waals surface area contributed by atoms with Gasteiger partial charge in [0, 0.05) is 34.9 Å². The summed E-state index contributed by atoms with van der Waals surface area (Å²) in [6.45, 7) is 1.09. The van der Waals surface area contributed by atoms with E-state index in [1.807, 2.05) is 0 Å². The highest BCUT2D eigenvalue weighted by Gasteiger charge is 2.55. The number of carbonyl (C=O) groups excluding carboxylic acids is 1. The predicted octanol–water partition coefficient (Wildman–Crippen LogP) is -1.57. The lowest BCUT2D eigenvalue weighted by Crippen LogP contribution is -2.69. The largest absolute Gasteiger partial charge is 0.504 e. The Morgan fingerprint density at radius 2 is 1.57 bits per heavy atom. The van der Waals surface area contributed by atoms with Crippen molar-refractivity contribution in [2.24, 2.45) is 0 Å². The summed E-state index contributed by atoms with van der Waals surface area (Å²) in [6, 6.07) is 4.34. The molecule has 0 radical (unpaired) electrons. The number of methoxy groups -OCH3 is 1. The highest BCUT2D eigenvalue weighted by molar-refractivity contribution is 7.13. The lowest BCUT2D eigenvalue weighted by atomic mass is 9.96. The van der Waals surface area contributed by atoms with Gasteiger partial charge >= 0.3 is 0 Å². The van der Waals surface area contributed by atoms with Crippen molar-refractivity contribution in [1.29, 1.82) is 0 Å². The third kappa shape index (κ3) is 5.87. The number of hydrogen-bond acceptors (Lipinski definition) is 16. The number of nitrogen functional groups attached to an aromatic ring is 1. The first-order chi connectivity index (χ1) is 18.4. The van der Waals surface area contributed by atoms with Gasteiger partial charge in [0.25, 0.3) is 17.6 Å². The number of carbonyl (C=O) groups is 1. The fraction of sp³-hybridized carbons (Fsp3) is 0.304. The molecular weight excluding hydrogens is 556 g/mol. The molecule has 1 unspecified atom stereocenters. The third-order valence-electron chi connectivity index (χ3n) is 5.88. The van der Waals surface area contributed by atoms with Crippen LogP contribution in [-0.2, 0) is 21.7 Å². The highest BCUT2D eigenvalue weighted by Crippen LogP contribution is 2.50. The maximum Gasteiger partial charge on any atom is 0.288 e. The van der Waals surface area contributed by atoms with E-state index in [1.165, 1.54) is 17.4 Å². The Morgan fingerprint density at radius 3 is 2.10 bits per heavy atom. The van der Waals surface area contributed by atoms with Crippen molar-refractivity contribution in [3.8, 4) is 23.0 Å². The molecule has 0 aliphatic heterocycles. The summed E-state index contributed by atoms with van der Waals surface area (Å²) in [5, 5.41) is 109. The molecule has 3 aromatic rings. The number of aromatic hydroxyl groups is 4. The molecule has 3 rings (SSSR count).